The molecule has 0 spiro atoms. The Morgan fingerprint density at radius 3 is 2.38 bits per heavy atom. The number of unbranched alkanes of at least 4 members (excludes halogenated alkanes) is 2. The normalized spacial score (nSPS) is 15.3. The summed E-state index contributed by atoms with van der Waals surface area (Å²) in [5.41, 5.74) is 1.81. The first-order chi connectivity index (χ1) is 13.8. The van der Waals surface area contributed by atoms with Gasteiger partial charge < -0.3 is 9.47 Å². The van der Waals surface area contributed by atoms with Gasteiger partial charge in [0.25, 0.3) is 0 Å². The Labute approximate surface area is 180 Å². The van der Waals surface area contributed by atoms with Gasteiger partial charge in [-0.15, -0.1) is 12.4 Å². The van der Waals surface area contributed by atoms with Gasteiger partial charge in [-0.3, -0.25) is 9.69 Å². The van der Waals surface area contributed by atoms with Crippen LogP contribution in [0.5, 0.6) is 5.75 Å². The van der Waals surface area contributed by atoms with Crippen molar-refractivity contribution < 1.29 is 14.3 Å². The van der Waals surface area contributed by atoms with Crippen LogP contribution in [-0.2, 0) is 4.74 Å². The molecule has 1 fully saturated rings. The number of benzene rings is 2. The molecule has 1 aliphatic heterocycles. The second kappa shape index (κ2) is 12.6. The van der Waals surface area contributed by atoms with Crippen LogP contribution in [0.1, 0.15) is 48.0 Å². The third-order valence-corrected chi connectivity index (χ3v) is 5.22. The fourth-order valence-corrected chi connectivity index (χ4v) is 3.53. The number of carbonyl (C=O) groups is 1. The average Bonchev–Trinajstić information content (AvgIpc) is 2.76. The summed E-state index contributed by atoms with van der Waals surface area (Å²) in [7, 11) is 0. The number of Topliss-reactive ketones (excluding diaryl/α,β-unsaturated/α-hetero) is 1. The van der Waals surface area contributed by atoms with Crippen LogP contribution >= 0.6 is 12.4 Å². The molecule has 2 aromatic carbocycles. The highest BCUT2D eigenvalue weighted by Crippen LogP contribution is 2.24. The molecule has 1 unspecified atom stereocenters. The summed E-state index contributed by atoms with van der Waals surface area (Å²) in [5, 5.41) is 0. The Morgan fingerprint density at radius 2 is 1.72 bits per heavy atom. The molecule has 2 aromatic rings. The Hall–Kier alpha value is -1.88. The molecule has 0 saturated carbocycles. The lowest BCUT2D eigenvalue weighted by Gasteiger charge is -2.30. The molecule has 1 aliphatic rings. The molecule has 3 rings (SSSR count). The number of hydrogen-bond acceptors (Lipinski definition) is 4. The zero-order chi connectivity index (χ0) is 19.6. The van der Waals surface area contributed by atoms with Crippen molar-refractivity contribution >= 4 is 18.2 Å². The molecule has 4 nitrogen and oxygen atoms in total. The van der Waals surface area contributed by atoms with Gasteiger partial charge in [-0.1, -0.05) is 50.1 Å². The monoisotopic (exact) mass is 417 g/mol. The fourth-order valence-electron chi connectivity index (χ4n) is 3.53. The highest BCUT2D eigenvalue weighted by Gasteiger charge is 2.25. The molecule has 0 N–H and O–H groups in total. The van der Waals surface area contributed by atoms with Crippen molar-refractivity contribution in [1.29, 1.82) is 0 Å². The highest BCUT2D eigenvalue weighted by molar-refractivity contribution is 6.01. The van der Waals surface area contributed by atoms with Crippen molar-refractivity contribution in [2.75, 3.05) is 39.5 Å². The minimum Gasteiger partial charge on any atom is -0.494 e. The van der Waals surface area contributed by atoms with Crippen molar-refractivity contribution in [2.24, 2.45) is 0 Å². The summed E-state index contributed by atoms with van der Waals surface area (Å²) < 4.78 is 11.2. The van der Waals surface area contributed by atoms with Gasteiger partial charge in [0.2, 0.25) is 0 Å². The van der Waals surface area contributed by atoms with Crippen molar-refractivity contribution in [3.8, 4) is 5.75 Å². The minimum absolute atomic E-state index is 0. The Morgan fingerprint density at radius 1 is 1.03 bits per heavy atom. The molecule has 0 aliphatic carbocycles. The van der Waals surface area contributed by atoms with Gasteiger partial charge in [-0.25, -0.2) is 0 Å². The van der Waals surface area contributed by atoms with E-state index in [1.165, 1.54) is 12.8 Å². The molecule has 5 heteroatoms. The van der Waals surface area contributed by atoms with Crippen molar-refractivity contribution in [2.45, 2.75) is 32.1 Å². The first kappa shape index (κ1) is 23.4. The molecule has 29 heavy (non-hydrogen) atoms. The number of hydrogen-bond donors (Lipinski definition) is 0. The van der Waals surface area contributed by atoms with E-state index in [2.05, 4.69) is 11.8 Å². The van der Waals surface area contributed by atoms with Gasteiger partial charge in [-0.05, 0) is 36.2 Å². The molecule has 1 atom stereocenters. The van der Waals surface area contributed by atoms with Crippen LogP contribution in [-0.4, -0.2) is 50.1 Å². The molecule has 1 heterocycles. The van der Waals surface area contributed by atoms with E-state index in [-0.39, 0.29) is 24.1 Å². The Kier molecular flexibility index (Phi) is 10.2. The summed E-state index contributed by atoms with van der Waals surface area (Å²) in [5.74, 6) is 0.822. The predicted octanol–water partition coefficient (Wildman–Crippen LogP) is 4.98. The second-order valence-electron chi connectivity index (χ2n) is 7.32. The number of halogens is 1. The zero-order valence-corrected chi connectivity index (χ0v) is 18.0. The third kappa shape index (κ3) is 7.14. The van der Waals surface area contributed by atoms with Crippen LogP contribution in [0.3, 0.4) is 0 Å². The number of ketones is 1. The van der Waals surface area contributed by atoms with Crippen molar-refractivity contribution in [3.05, 3.63) is 65.7 Å². The van der Waals surface area contributed by atoms with Crippen LogP contribution in [0.2, 0.25) is 0 Å². The lowest BCUT2D eigenvalue weighted by Crippen LogP contribution is -2.40. The van der Waals surface area contributed by atoms with Gasteiger partial charge >= 0.3 is 0 Å². The quantitative estimate of drug-likeness (QED) is 0.404. The zero-order valence-electron chi connectivity index (χ0n) is 17.2. The van der Waals surface area contributed by atoms with E-state index >= 15 is 0 Å². The highest BCUT2D eigenvalue weighted by atomic mass is 35.5. The maximum Gasteiger partial charge on any atom is 0.171 e. The summed E-state index contributed by atoms with van der Waals surface area (Å²) >= 11 is 0. The van der Waals surface area contributed by atoms with E-state index < -0.39 is 0 Å². The molecule has 0 radical (unpaired) electrons. The standard InChI is InChI=1S/C24H31NO3.ClH/c1-2-3-7-16-28-22-12-10-21(11-13-22)24(26)23(20-8-5-4-6-9-20)19-25-14-17-27-18-15-25;/h4-6,8-13,23H,2-3,7,14-19H2,1H3;1H. The smallest absolute Gasteiger partial charge is 0.171 e. The minimum atomic E-state index is -0.171. The van der Waals surface area contributed by atoms with E-state index in [1.54, 1.807) is 0 Å². The number of morpholine rings is 1. The van der Waals surface area contributed by atoms with E-state index in [1.807, 2.05) is 54.6 Å². The van der Waals surface area contributed by atoms with E-state index in [0.717, 1.165) is 62.8 Å². The van der Waals surface area contributed by atoms with Gasteiger partial charge in [-0.2, -0.15) is 0 Å². The van der Waals surface area contributed by atoms with E-state index in [9.17, 15) is 4.79 Å². The van der Waals surface area contributed by atoms with Crippen molar-refractivity contribution in [3.63, 3.8) is 0 Å². The number of ether oxygens (including phenoxy) is 2. The predicted molar refractivity (Wildman–Crippen MR) is 119 cm³/mol. The Bertz CT molecular complexity index is 715. The van der Waals surface area contributed by atoms with Crippen LogP contribution < -0.4 is 4.74 Å². The molecule has 0 aromatic heterocycles. The largest absolute Gasteiger partial charge is 0.494 e. The molecule has 158 valence electrons. The third-order valence-electron chi connectivity index (χ3n) is 5.22. The molecular formula is C24H32ClNO3. The van der Waals surface area contributed by atoms with Crippen LogP contribution in [0.15, 0.2) is 54.6 Å². The Balaban J connectivity index is 0.00000300. The second-order valence-corrected chi connectivity index (χ2v) is 7.32. The van der Waals surface area contributed by atoms with Gasteiger partial charge in [0.15, 0.2) is 5.78 Å². The first-order valence-electron chi connectivity index (χ1n) is 10.4. The SMILES string of the molecule is CCCCCOc1ccc(C(=O)C(CN2CCOCC2)c2ccccc2)cc1.Cl. The van der Waals surface area contributed by atoms with Crippen LogP contribution in [0, 0.1) is 0 Å². The maximum atomic E-state index is 13.3. The topological polar surface area (TPSA) is 38.8 Å². The molecular weight excluding hydrogens is 386 g/mol. The van der Waals surface area contributed by atoms with Crippen molar-refractivity contribution in [1.82, 2.24) is 4.90 Å². The first-order valence-corrected chi connectivity index (χ1v) is 10.4. The van der Waals surface area contributed by atoms with Crippen LogP contribution in [0.25, 0.3) is 0 Å². The fraction of sp³-hybridized carbons (Fsp3) is 0.458. The number of rotatable bonds is 10. The molecule has 0 amide bonds. The lowest BCUT2D eigenvalue weighted by molar-refractivity contribution is 0.0345. The maximum absolute atomic E-state index is 13.3. The van der Waals surface area contributed by atoms with E-state index in [0.29, 0.717) is 0 Å². The summed E-state index contributed by atoms with van der Waals surface area (Å²) in [6, 6.07) is 17.7. The summed E-state index contributed by atoms with van der Waals surface area (Å²) in [6.07, 6.45) is 3.42. The van der Waals surface area contributed by atoms with Gasteiger partial charge in [0.1, 0.15) is 5.75 Å². The lowest BCUT2D eigenvalue weighted by atomic mass is 9.90. The van der Waals surface area contributed by atoms with Gasteiger partial charge in [0, 0.05) is 25.2 Å². The summed E-state index contributed by atoms with van der Waals surface area (Å²) in [6.45, 7) is 6.86. The van der Waals surface area contributed by atoms with Crippen LogP contribution in [0.4, 0.5) is 0 Å². The summed E-state index contributed by atoms with van der Waals surface area (Å²) in [4.78, 5) is 15.7. The average molecular weight is 418 g/mol. The van der Waals surface area contributed by atoms with E-state index in [4.69, 9.17) is 9.47 Å². The molecule has 0 bridgehead atoms. The molecule has 1 saturated heterocycles. The number of carbonyl (C=O) groups excluding carboxylic acids is 1. The number of nitrogens with zero attached hydrogens (tertiary/aromatic N) is 1. The van der Waals surface area contributed by atoms with Gasteiger partial charge in [0.05, 0.1) is 25.7 Å².